The fraction of sp³-hybridized carbons (Fsp3) is 0.571. The maximum absolute atomic E-state index is 12.7. The molecule has 1 aliphatic heterocycles. The summed E-state index contributed by atoms with van der Waals surface area (Å²) < 4.78 is 69.3. The Balaban J connectivity index is 2.16. The van der Waals surface area contributed by atoms with Gasteiger partial charge in [0.05, 0.1) is 11.7 Å². The fourth-order valence-electron chi connectivity index (χ4n) is 2.53. The molecular weight excluding hydrogens is 319 g/mol. The molecule has 0 N–H and O–H groups in total. The van der Waals surface area contributed by atoms with Crippen LogP contribution in [-0.4, -0.2) is 37.7 Å². The molecule has 0 bridgehead atoms. The van der Waals surface area contributed by atoms with Crippen molar-refractivity contribution in [3.8, 4) is 0 Å². The molecule has 0 aliphatic carbocycles. The summed E-state index contributed by atoms with van der Waals surface area (Å²) >= 11 is 0. The second-order valence-electron chi connectivity index (χ2n) is 5.40. The number of nitrogens with zero attached hydrogens (tertiary/aromatic N) is 1. The zero-order chi connectivity index (χ0) is 16.5. The molecule has 0 unspecified atom stereocenters. The van der Waals surface area contributed by atoms with Gasteiger partial charge >= 0.3 is 6.18 Å². The molecule has 2 rings (SSSR count). The lowest BCUT2D eigenvalue weighted by molar-refractivity contribution is -0.137. The second kappa shape index (κ2) is 6.17. The van der Waals surface area contributed by atoms with E-state index in [-0.39, 0.29) is 6.54 Å². The van der Waals surface area contributed by atoms with E-state index in [1.807, 2.05) is 0 Å². The standard InChI is InChI=1S/C14H18F3NO3S/c1-10-13(6-7-21-10)22(19,20)18(2)9-11-4-3-5-12(8-11)14(15,16)17/h3-5,8,10,13H,6-7,9H2,1-2H3/t10-,13+/m1/s1. The molecular formula is C14H18F3NO3S. The first-order chi connectivity index (χ1) is 10.1. The first-order valence-electron chi connectivity index (χ1n) is 6.85. The molecule has 0 radical (unpaired) electrons. The number of ether oxygens (including phenoxy) is 1. The lowest BCUT2D eigenvalue weighted by Crippen LogP contribution is -2.39. The van der Waals surface area contributed by atoms with Gasteiger partial charge in [-0.3, -0.25) is 0 Å². The Bertz CT molecular complexity index is 630. The number of hydrogen-bond acceptors (Lipinski definition) is 3. The van der Waals surface area contributed by atoms with E-state index in [2.05, 4.69) is 0 Å². The van der Waals surface area contributed by atoms with E-state index in [1.54, 1.807) is 6.92 Å². The van der Waals surface area contributed by atoms with Crippen molar-refractivity contribution >= 4 is 10.0 Å². The average molecular weight is 337 g/mol. The summed E-state index contributed by atoms with van der Waals surface area (Å²) in [4.78, 5) is 0. The third-order valence-corrected chi connectivity index (χ3v) is 6.17. The molecule has 1 aromatic rings. The van der Waals surface area contributed by atoms with Crippen LogP contribution in [0, 0.1) is 0 Å². The van der Waals surface area contributed by atoms with Crippen molar-refractivity contribution in [2.45, 2.75) is 37.4 Å². The SMILES string of the molecule is C[C@H]1OCC[C@@H]1S(=O)(=O)N(C)Cc1cccc(C(F)(F)F)c1. The highest BCUT2D eigenvalue weighted by molar-refractivity contribution is 7.89. The van der Waals surface area contributed by atoms with Gasteiger partial charge in [0.2, 0.25) is 10.0 Å². The van der Waals surface area contributed by atoms with E-state index in [4.69, 9.17) is 4.74 Å². The lowest BCUT2D eigenvalue weighted by atomic mass is 10.1. The highest BCUT2D eigenvalue weighted by Gasteiger charge is 2.38. The monoisotopic (exact) mass is 337 g/mol. The highest BCUT2D eigenvalue weighted by Crippen LogP contribution is 2.30. The minimum atomic E-state index is -4.44. The molecule has 0 spiro atoms. The van der Waals surface area contributed by atoms with E-state index in [0.717, 1.165) is 16.4 Å². The molecule has 2 atom stereocenters. The van der Waals surface area contributed by atoms with Crippen LogP contribution in [0.4, 0.5) is 13.2 Å². The van der Waals surface area contributed by atoms with Gasteiger partial charge in [-0.25, -0.2) is 12.7 Å². The normalized spacial score (nSPS) is 23.2. The largest absolute Gasteiger partial charge is 0.416 e. The fourth-order valence-corrected chi connectivity index (χ4v) is 4.28. The molecule has 1 saturated heterocycles. The van der Waals surface area contributed by atoms with Gasteiger partial charge in [-0.05, 0) is 25.0 Å². The van der Waals surface area contributed by atoms with Crippen molar-refractivity contribution in [3.63, 3.8) is 0 Å². The van der Waals surface area contributed by atoms with Crippen LogP contribution < -0.4 is 0 Å². The molecule has 0 saturated carbocycles. The summed E-state index contributed by atoms with van der Waals surface area (Å²) in [6.07, 6.45) is -4.45. The van der Waals surface area contributed by atoms with Crippen LogP contribution in [0.5, 0.6) is 0 Å². The molecule has 0 aromatic heterocycles. The summed E-state index contributed by atoms with van der Waals surface area (Å²) in [5.41, 5.74) is -0.485. The van der Waals surface area contributed by atoms with Crippen LogP contribution in [0.1, 0.15) is 24.5 Å². The summed E-state index contributed by atoms with van der Waals surface area (Å²) in [5, 5.41) is -0.650. The van der Waals surface area contributed by atoms with Gasteiger partial charge in [0.25, 0.3) is 0 Å². The van der Waals surface area contributed by atoms with Crippen LogP contribution in [0.3, 0.4) is 0 Å². The van der Waals surface area contributed by atoms with Gasteiger partial charge in [-0.2, -0.15) is 13.2 Å². The molecule has 1 heterocycles. The van der Waals surface area contributed by atoms with Crippen molar-refractivity contribution in [1.29, 1.82) is 0 Å². The smallest absolute Gasteiger partial charge is 0.377 e. The van der Waals surface area contributed by atoms with Gasteiger partial charge in [0.15, 0.2) is 0 Å². The van der Waals surface area contributed by atoms with Crippen molar-refractivity contribution in [1.82, 2.24) is 4.31 Å². The Labute approximate surface area is 127 Å². The number of hydrogen-bond donors (Lipinski definition) is 0. The molecule has 1 fully saturated rings. The molecule has 0 amide bonds. The Morgan fingerprint density at radius 2 is 2.05 bits per heavy atom. The van der Waals surface area contributed by atoms with E-state index in [0.29, 0.717) is 18.6 Å². The van der Waals surface area contributed by atoms with Crippen molar-refractivity contribution in [2.75, 3.05) is 13.7 Å². The molecule has 1 aromatic carbocycles. The zero-order valence-corrected chi connectivity index (χ0v) is 13.1. The first kappa shape index (κ1) is 17.2. The van der Waals surface area contributed by atoms with E-state index < -0.39 is 33.1 Å². The third-order valence-electron chi connectivity index (χ3n) is 3.78. The van der Waals surface area contributed by atoms with E-state index in [9.17, 15) is 21.6 Å². The van der Waals surface area contributed by atoms with E-state index in [1.165, 1.54) is 19.2 Å². The molecule has 124 valence electrons. The van der Waals surface area contributed by atoms with Crippen LogP contribution >= 0.6 is 0 Å². The summed E-state index contributed by atoms with van der Waals surface area (Å²) in [5.74, 6) is 0. The van der Waals surface area contributed by atoms with Crippen LogP contribution in [0.2, 0.25) is 0 Å². The Kier molecular flexibility index (Phi) is 4.84. The minimum Gasteiger partial charge on any atom is -0.377 e. The van der Waals surface area contributed by atoms with Gasteiger partial charge in [0.1, 0.15) is 5.25 Å². The maximum Gasteiger partial charge on any atom is 0.416 e. The Hall–Kier alpha value is -1.12. The van der Waals surface area contributed by atoms with Gasteiger partial charge < -0.3 is 4.74 Å². The Morgan fingerprint density at radius 1 is 1.36 bits per heavy atom. The van der Waals surface area contributed by atoms with E-state index >= 15 is 0 Å². The second-order valence-corrected chi connectivity index (χ2v) is 7.66. The molecule has 4 nitrogen and oxygen atoms in total. The van der Waals surface area contributed by atoms with Crippen LogP contribution in [0.15, 0.2) is 24.3 Å². The molecule has 22 heavy (non-hydrogen) atoms. The number of rotatable bonds is 4. The summed E-state index contributed by atoms with van der Waals surface area (Å²) in [7, 11) is -2.23. The predicted octanol–water partition coefficient (Wildman–Crippen LogP) is 2.64. The van der Waals surface area contributed by atoms with Crippen LogP contribution in [-0.2, 0) is 27.5 Å². The zero-order valence-electron chi connectivity index (χ0n) is 12.3. The Morgan fingerprint density at radius 3 is 2.59 bits per heavy atom. The summed E-state index contributed by atoms with van der Waals surface area (Å²) in [6, 6.07) is 4.70. The van der Waals surface area contributed by atoms with Gasteiger partial charge in [-0.15, -0.1) is 0 Å². The quantitative estimate of drug-likeness (QED) is 0.849. The average Bonchev–Trinajstić information content (AvgIpc) is 2.85. The van der Waals surface area contributed by atoms with Crippen molar-refractivity contribution < 1.29 is 26.3 Å². The lowest BCUT2D eigenvalue weighted by Gasteiger charge is -2.23. The van der Waals surface area contributed by atoms with Crippen molar-refractivity contribution in [3.05, 3.63) is 35.4 Å². The number of sulfonamides is 1. The van der Waals surface area contributed by atoms with Crippen molar-refractivity contribution in [2.24, 2.45) is 0 Å². The minimum absolute atomic E-state index is 0.102. The number of benzene rings is 1. The summed E-state index contributed by atoms with van der Waals surface area (Å²) in [6.45, 7) is 1.96. The molecule has 1 aliphatic rings. The van der Waals surface area contributed by atoms with Gasteiger partial charge in [0, 0.05) is 20.2 Å². The topological polar surface area (TPSA) is 46.6 Å². The molecule has 8 heteroatoms. The first-order valence-corrected chi connectivity index (χ1v) is 8.35. The van der Waals surface area contributed by atoms with Gasteiger partial charge in [-0.1, -0.05) is 18.2 Å². The number of alkyl halides is 3. The number of halogens is 3. The van der Waals surface area contributed by atoms with Crippen LogP contribution in [0.25, 0.3) is 0 Å². The third kappa shape index (κ3) is 3.61. The predicted molar refractivity (Wildman–Crippen MR) is 75.6 cm³/mol. The highest BCUT2D eigenvalue weighted by atomic mass is 32.2. The maximum atomic E-state index is 12.7.